The SMILES string of the molecule is CC(=O)c1cc(Cl)c(C(F)(F)C(F)(F)C(F)(F)C(F)(F)C(F)(F)C(F)(F)C(F)(F)C(F)(F)F)cc1Cl. The highest BCUT2D eigenvalue weighted by Crippen LogP contribution is 2.65. The van der Waals surface area contributed by atoms with Gasteiger partial charge in [0.05, 0.1) is 10.0 Å². The van der Waals surface area contributed by atoms with Crippen LogP contribution in [-0.4, -0.2) is 47.5 Å². The second-order valence-corrected chi connectivity index (χ2v) is 7.70. The maximum absolute atomic E-state index is 14.3. The van der Waals surface area contributed by atoms with Crippen LogP contribution in [0.4, 0.5) is 74.6 Å². The topological polar surface area (TPSA) is 17.1 Å². The third kappa shape index (κ3) is 4.15. The molecule has 0 bridgehead atoms. The molecule has 0 radical (unpaired) electrons. The number of carbonyl (C=O) groups is 1. The zero-order valence-electron chi connectivity index (χ0n) is 16.2. The molecule has 0 heterocycles. The lowest BCUT2D eigenvalue weighted by Crippen LogP contribution is -2.74. The zero-order chi connectivity index (χ0) is 29.3. The van der Waals surface area contributed by atoms with Gasteiger partial charge >= 0.3 is 47.6 Å². The van der Waals surface area contributed by atoms with Crippen molar-refractivity contribution in [1.29, 1.82) is 0 Å². The first-order valence-corrected chi connectivity index (χ1v) is 8.96. The average Bonchev–Trinajstić information content (AvgIpc) is 2.67. The standard InChI is InChI=1S/C16H5Cl2F17O/c1-4(36)5-2-8(18)6(3-7(5)17)9(19,20)10(21,22)11(23,24)12(25,26)13(27,28)14(29,30)15(31,32)16(33,34)35/h2-3H,1H3. The average molecular weight is 607 g/mol. The molecule has 0 amide bonds. The van der Waals surface area contributed by atoms with Gasteiger partial charge in [-0.05, 0) is 19.1 Å². The van der Waals surface area contributed by atoms with Crippen molar-refractivity contribution >= 4 is 29.0 Å². The first-order chi connectivity index (χ1) is 15.5. The number of halogens is 19. The fourth-order valence-electron chi connectivity index (χ4n) is 2.39. The van der Waals surface area contributed by atoms with Crippen LogP contribution in [0.1, 0.15) is 22.8 Å². The van der Waals surface area contributed by atoms with Gasteiger partial charge in [0.2, 0.25) is 0 Å². The van der Waals surface area contributed by atoms with Crippen molar-refractivity contribution in [2.45, 2.75) is 54.6 Å². The Labute approximate surface area is 197 Å². The van der Waals surface area contributed by atoms with Gasteiger partial charge in [0.25, 0.3) is 0 Å². The lowest BCUT2D eigenvalue weighted by atomic mass is 9.87. The van der Waals surface area contributed by atoms with Crippen LogP contribution in [0.2, 0.25) is 10.0 Å². The van der Waals surface area contributed by atoms with E-state index in [2.05, 4.69) is 0 Å². The summed E-state index contributed by atoms with van der Waals surface area (Å²) in [7, 11) is 0. The first kappa shape index (κ1) is 32.3. The monoisotopic (exact) mass is 606 g/mol. The summed E-state index contributed by atoms with van der Waals surface area (Å²) in [4.78, 5) is 11.2. The van der Waals surface area contributed by atoms with Crippen LogP contribution in [-0.2, 0) is 5.92 Å². The molecule has 36 heavy (non-hydrogen) atoms. The highest BCUT2D eigenvalue weighted by Gasteiger charge is 2.95. The molecule has 0 aliphatic carbocycles. The predicted octanol–water partition coefficient (Wildman–Crippen LogP) is 8.66. The molecular weight excluding hydrogens is 602 g/mol. The third-order valence-electron chi connectivity index (χ3n) is 4.50. The lowest BCUT2D eigenvalue weighted by molar-refractivity contribution is -0.462. The van der Waals surface area contributed by atoms with Gasteiger partial charge < -0.3 is 0 Å². The number of rotatable bonds is 8. The molecule has 0 atom stereocenters. The van der Waals surface area contributed by atoms with E-state index in [1.807, 2.05) is 0 Å². The Kier molecular flexibility index (Phi) is 7.77. The molecule has 208 valence electrons. The summed E-state index contributed by atoms with van der Waals surface area (Å²) in [5, 5.41) is -3.08. The van der Waals surface area contributed by atoms with E-state index in [1.165, 1.54) is 0 Å². The number of ketones is 1. The van der Waals surface area contributed by atoms with Crippen molar-refractivity contribution < 1.29 is 79.4 Å². The van der Waals surface area contributed by atoms with Crippen LogP contribution in [0, 0.1) is 0 Å². The molecule has 0 unspecified atom stereocenters. The van der Waals surface area contributed by atoms with Crippen molar-refractivity contribution in [2.24, 2.45) is 0 Å². The summed E-state index contributed by atoms with van der Waals surface area (Å²) in [6, 6.07) is -0.484. The van der Waals surface area contributed by atoms with Crippen molar-refractivity contribution in [2.75, 3.05) is 0 Å². The largest absolute Gasteiger partial charge is 0.460 e. The minimum Gasteiger partial charge on any atom is -0.294 e. The molecular formula is C16H5Cl2F17O. The Morgan fingerprint density at radius 3 is 1.22 bits per heavy atom. The van der Waals surface area contributed by atoms with Crippen LogP contribution in [0.25, 0.3) is 0 Å². The van der Waals surface area contributed by atoms with Gasteiger partial charge in [-0.25, -0.2) is 0 Å². The molecule has 1 aromatic rings. The molecule has 1 nitrogen and oxygen atoms in total. The van der Waals surface area contributed by atoms with E-state index in [9.17, 15) is 79.4 Å². The van der Waals surface area contributed by atoms with Crippen molar-refractivity contribution in [3.8, 4) is 0 Å². The second-order valence-electron chi connectivity index (χ2n) is 6.89. The van der Waals surface area contributed by atoms with Crippen molar-refractivity contribution in [3.63, 3.8) is 0 Å². The molecule has 0 aromatic heterocycles. The quantitative estimate of drug-likeness (QED) is 0.214. The number of hydrogen-bond acceptors (Lipinski definition) is 1. The number of carbonyl (C=O) groups excluding carboxylic acids is 1. The molecule has 0 aliphatic rings. The number of Topliss-reactive ketones (excluding diaryl/α,β-unsaturated/α-hetero) is 1. The molecule has 0 N–H and O–H groups in total. The van der Waals surface area contributed by atoms with Crippen LogP contribution >= 0.6 is 23.2 Å². The van der Waals surface area contributed by atoms with E-state index >= 15 is 0 Å². The van der Waals surface area contributed by atoms with Crippen LogP contribution in [0.3, 0.4) is 0 Å². The molecule has 0 fully saturated rings. The molecule has 0 saturated carbocycles. The van der Waals surface area contributed by atoms with Gasteiger partial charge in [0.15, 0.2) is 5.78 Å². The summed E-state index contributed by atoms with van der Waals surface area (Å²) in [6.07, 6.45) is -7.83. The minimum absolute atomic E-state index is 0.00840. The van der Waals surface area contributed by atoms with Gasteiger partial charge in [0.1, 0.15) is 0 Å². The molecule has 20 heteroatoms. The summed E-state index contributed by atoms with van der Waals surface area (Å²) in [5.41, 5.74) is -3.52. The van der Waals surface area contributed by atoms with Crippen LogP contribution in [0.15, 0.2) is 12.1 Å². The molecule has 1 aromatic carbocycles. The summed E-state index contributed by atoms with van der Waals surface area (Å²) in [6.45, 7) is 0.678. The maximum Gasteiger partial charge on any atom is 0.460 e. The predicted molar refractivity (Wildman–Crippen MR) is 86.1 cm³/mol. The number of hydrogen-bond donors (Lipinski definition) is 0. The normalized spacial score (nSPS) is 15.3. The first-order valence-electron chi connectivity index (χ1n) is 8.20. The van der Waals surface area contributed by atoms with E-state index < -0.39 is 80.7 Å². The van der Waals surface area contributed by atoms with Gasteiger partial charge in [0, 0.05) is 11.1 Å². The van der Waals surface area contributed by atoms with E-state index in [-0.39, 0.29) is 6.07 Å². The van der Waals surface area contributed by atoms with E-state index in [1.54, 1.807) is 0 Å². The molecule has 0 spiro atoms. The lowest BCUT2D eigenvalue weighted by Gasteiger charge is -2.43. The summed E-state index contributed by atoms with van der Waals surface area (Å²) in [5.74, 6) is -58.7. The fourth-order valence-corrected chi connectivity index (χ4v) is 2.97. The second kappa shape index (κ2) is 8.66. The Bertz CT molecular complexity index is 1030. The number of benzene rings is 1. The summed E-state index contributed by atoms with van der Waals surface area (Å²) < 4.78 is 227. The van der Waals surface area contributed by atoms with E-state index in [4.69, 9.17) is 23.2 Å². The van der Waals surface area contributed by atoms with Gasteiger partial charge in [-0.1, -0.05) is 23.2 Å². The van der Waals surface area contributed by atoms with Crippen molar-refractivity contribution in [1.82, 2.24) is 0 Å². The maximum atomic E-state index is 14.3. The minimum atomic E-state index is -8.73. The van der Waals surface area contributed by atoms with Gasteiger partial charge in [-0.3, -0.25) is 4.79 Å². The summed E-state index contributed by atoms with van der Waals surface area (Å²) >= 11 is 10.4. The Morgan fingerprint density at radius 1 is 0.556 bits per heavy atom. The van der Waals surface area contributed by atoms with Gasteiger partial charge in [-0.15, -0.1) is 0 Å². The van der Waals surface area contributed by atoms with Crippen LogP contribution < -0.4 is 0 Å². The van der Waals surface area contributed by atoms with Crippen molar-refractivity contribution in [3.05, 3.63) is 33.3 Å². The molecule has 1 rings (SSSR count). The smallest absolute Gasteiger partial charge is 0.294 e. The van der Waals surface area contributed by atoms with E-state index in [0.717, 1.165) is 0 Å². The number of alkyl halides is 17. The van der Waals surface area contributed by atoms with E-state index in [0.29, 0.717) is 6.92 Å². The highest BCUT2D eigenvalue weighted by molar-refractivity contribution is 6.36. The molecule has 0 aliphatic heterocycles. The highest BCUT2D eigenvalue weighted by atomic mass is 35.5. The van der Waals surface area contributed by atoms with Crippen LogP contribution in [0.5, 0.6) is 0 Å². The fraction of sp³-hybridized carbons (Fsp3) is 0.562. The Balaban J connectivity index is 3.83. The van der Waals surface area contributed by atoms with Gasteiger partial charge in [-0.2, -0.15) is 74.6 Å². The Hall–Kier alpha value is -1.72. The zero-order valence-corrected chi connectivity index (χ0v) is 17.8. The third-order valence-corrected chi connectivity index (χ3v) is 5.12. The Morgan fingerprint density at radius 2 is 0.889 bits per heavy atom. The molecule has 0 saturated heterocycles.